The molecule has 0 N–H and O–H groups in total. The van der Waals surface area contributed by atoms with Gasteiger partial charge in [-0.1, -0.05) is 0 Å². The molecule has 0 bridgehead atoms. The molecule has 0 amide bonds. The van der Waals surface area contributed by atoms with E-state index < -0.39 is 0 Å². The number of fused-ring (bicyclic) bond motifs is 1. The number of hydrogen-bond donors (Lipinski definition) is 0. The second-order valence-corrected chi connectivity index (χ2v) is 2.19. The molecule has 3 nitrogen and oxygen atoms in total. The van der Waals surface area contributed by atoms with Crippen LogP contribution in [0.2, 0.25) is 0 Å². The van der Waals surface area contributed by atoms with Crippen molar-refractivity contribution in [2.24, 2.45) is 0 Å². The van der Waals surface area contributed by atoms with Gasteiger partial charge < -0.3 is 4.40 Å². The van der Waals surface area contributed by atoms with Crippen LogP contribution in [0.3, 0.4) is 0 Å². The zero-order valence-corrected chi connectivity index (χ0v) is 5.73. The van der Waals surface area contributed by atoms with Crippen LogP contribution >= 0.6 is 0 Å². The van der Waals surface area contributed by atoms with E-state index in [-0.39, 0.29) is 0 Å². The van der Waals surface area contributed by atoms with Crippen molar-refractivity contribution >= 4 is 32.5 Å². The van der Waals surface area contributed by atoms with Crippen LogP contribution in [0.4, 0.5) is 0 Å². The first-order valence-electron chi connectivity index (χ1n) is 3.12. The SMILES string of the molecule is [B]c1ncc([B])n2ccnc12. The van der Waals surface area contributed by atoms with Gasteiger partial charge in [0.1, 0.15) is 21.3 Å². The highest BCUT2D eigenvalue weighted by atomic mass is 15.0. The van der Waals surface area contributed by atoms with Crippen LogP contribution in [0, 0.1) is 0 Å². The van der Waals surface area contributed by atoms with E-state index in [2.05, 4.69) is 9.97 Å². The third kappa shape index (κ3) is 0.843. The molecule has 2 aromatic heterocycles. The van der Waals surface area contributed by atoms with Crippen LogP contribution in [0.5, 0.6) is 0 Å². The first-order valence-corrected chi connectivity index (χ1v) is 3.12. The van der Waals surface area contributed by atoms with Gasteiger partial charge in [0.2, 0.25) is 0 Å². The maximum absolute atomic E-state index is 5.57. The lowest BCUT2D eigenvalue weighted by atomic mass is 10.0. The average molecular weight is 139 g/mol. The number of rotatable bonds is 0. The summed E-state index contributed by atoms with van der Waals surface area (Å²) in [6.45, 7) is 0. The third-order valence-electron chi connectivity index (χ3n) is 1.48. The summed E-state index contributed by atoms with van der Waals surface area (Å²) in [5, 5.41) is 0. The molecule has 0 atom stereocenters. The van der Waals surface area contributed by atoms with Gasteiger partial charge in [0.15, 0.2) is 0 Å². The lowest BCUT2D eigenvalue weighted by Crippen LogP contribution is -2.23. The molecule has 2 aromatic rings. The summed E-state index contributed by atoms with van der Waals surface area (Å²) in [6, 6.07) is 0. The second-order valence-electron chi connectivity index (χ2n) is 2.19. The van der Waals surface area contributed by atoms with Gasteiger partial charge in [-0.25, -0.2) is 4.98 Å². The van der Waals surface area contributed by atoms with Gasteiger partial charge >= 0.3 is 0 Å². The first-order chi connectivity index (χ1) is 5.29. The summed E-state index contributed by atoms with van der Waals surface area (Å²) in [6.07, 6.45) is 4.87. The fourth-order valence-electron chi connectivity index (χ4n) is 0.957. The topological polar surface area (TPSA) is 30.2 Å². The second kappa shape index (κ2) is 2.12. The van der Waals surface area contributed by atoms with Crippen LogP contribution in [0.1, 0.15) is 0 Å². The average Bonchev–Trinajstić information content (AvgIpc) is 2.45. The Bertz CT molecular complexity index is 360. The molecule has 0 aliphatic heterocycles. The summed E-state index contributed by atoms with van der Waals surface area (Å²) in [5.74, 6) is 0. The highest BCUT2D eigenvalue weighted by Gasteiger charge is 1.98. The number of aromatic nitrogens is 3. The molecule has 0 saturated carbocycles. The molecule has 0 fully saturated rings. The van der Waals surface area contributed by atoms with Gasteiger partial charge in [-0.2, -0.15) is 0 Å². The Labute approximate surface area is 66.3 Å². The van der Waals surface area contributed by atoms with Crippen LogP contribution < -0.4 is 11.2 Å². The van der Waals surface area contributed by atoms with Crippen molar-refractivity contribution in [2.45, 2.75) is 0 Å². The van der Waals surface area contributed by atoms with E-state index in [9.17, 15) is 0 Å². The van der Waals surface area contributed by atoms with Crippen LogP contribution in [-0.4, -0.2) is 30.1 Å². The van der Waals surface area contributed by atoms with Crippen LogP contribution in [0.15, 0.2) is 18.6 Å². The summed E-state index contributed by atoms with van der Waals surface area (Å²) in [7, 11) is 11.1. The number of imidazole rings is 1. The first kappa shape index (κ1) is 6.46. The zero-order chi connectivity index (χ0) is 7.84. The lowest BCUT2D eigenvalue weighted by Gasteiger charge is -2.00. The van der Waals surface area contributed by atoms with Crippen molar-refractivity contribution in [3.63, 3.8) is 0 Å². The summed E-state index contributed by atoms with van der Waals surface area (Å²) in [5.41, 5.74) is 1.53. The van der Waals surface area contributed by atoms with E-state index in [1.165, 1.54) is 6.20 Å². The molecule has 0 saturated heterocycles. The van der Waals surface area contributed by atoms with Gasteiger partial charge in [0, 0.05) is 24.2 Å². The molecule has 0 aliphatic carbocycles. The van der Waals surface area contributed by atoms with E-state index in [1.807, 2.05) is 0 Å². The molecular weight excluding hydrogens is 136 g/mol. The minimum absolute atomic E-state index is 0.393. The van der Waals surface area contributed by atoms with E-state index in [0.29, 0.717) is 16.8 Å². The fraction of sp³-hybridized carbons (Fsp3) is 0. The van der Waals surface area contributed by atoms with E-state index in [0.717, 1.165) is 0 Å². The van der Waals surface area contributed by atoms with Crippen molar-refractivity contribution in [3.05, 3.63) is 18.6 Å². The molecule has 0 spiro atoms. The van der Waals surface area contributed by atoms with Crippen LogP contribution in [-0.2, 0) is 0 Å². The smallest absolute Gasteiger partial charge is 0.147 e. The van der Waals surface area contributed by atoms with Crippen molar-refractivity contribution in [1.29, 1.82) is 0 Å². The van der Waals surface area contributed by atoms with E-state index in [4.69, 9.17) is 15.7 Å². The molecular formula is C6H3B2N3. The standard InChI is InChI=1S/C6H3B2N3/c7-4-3-10-5(8)6-9-1-2-11(4)6/h1-3H. The molecule has 0 unspecified atom stereocenters. The maximum atomic E-state index is 5.57. The van der Waals surface area contributed by atoms with Gasteiger partial charge in [-0.3, -0.25) is 4.98 Å². The molecule has 2 heterocycles. The van der Waals surface area contributed by atoms with Crippen molar-refractivity contribution < 1.29 is 0 Å². The van der Waals surface area contributed by atoms with Gasteiger partial charge in [0.05, 0.1) is 0 Å². The lowest BCUT2D eigenvalue weighted by molar-refractivity contribution is 1.20. The van der Waals surface area contributed by atoms with Crippen molar-refractivity contribution in [2.75, 3.05) is 0 Å². The zero-order valence-electron chi connectivity index (χ0n) is 5.73. The summed E-state index contributed by atoms with van der Waals surface area (Å²) in [4.78, 5) is 7.82. The van der Waals surface area contributed by atoms with Gasteiger partial charge in [-0.15, -0.1) is 0 Å². The molecule has 11 heavy (non-hydrogen) atoms. The quantitative estimate of drug-likeness (QED) is 0.407. The molecule has 2 rings (SSSR count). The highest BCUT2D eigenvalue weighted by Crippen LogP contribution is 1.89. The Balaban J connectivity index is 2.96. The van der Waals surface area contributed by atoms with Crippen molar-refractivity contribution in [1.82, 2.24) is 14.4 Å². The molecule has 5 heteroatoms. The molecule has 0 aliphatic rings. The monoisotopic (exact) mass is 139 g/mol. The van der Waals surface area contributed by atoms with Gasteiger partial charge in [0.25, 0.3) is 0 Å². The third-order valence-corrected chi connectivity index (χ3v) is 1.48. The van der Waals surface area contributed by atoms with E-state index >= 15 is 0 Å². The minimum atomic E-state index is 0.393. The normalized spacial score (nSPS) is 10.5. The number of nitrogens with zero attached hydrogens (tertiary/aromatic N) is 3. The Kier molecular flexibility index (Phi) is 1.24. The molecule has 48 valence electrons. The predicted octanol–water partition coefficient (Wildman–Crippen LogP) is -1.68. The largest absolute Gasteiger partial charge is 0.312 e. The number of hydrogen-bond acceptors (Lipinski definition) is 2. The summed E-state index contributed by atoms with van der Waals surface area (Å²) >= 11 is 0. The molecule has 0 aromatic carbocycles. The maximum Gasteiger partial charge on any atom is 0.147 e. The van der Waals surface area contributed by atoms with Crippen molar-refractivity contribution in [3.8, 4) is 0 Å². The Morgan fingerprint density at radius 1 is 1.27 bits per heavy atom. The Morgan fingerprint density at radius 2 is 2.09 bits per heavy atom. The Hall–Kier alpha value is -1.25. The van der Waals surface area contributed by atoms with Gasteiger partial charge in [-0.05, 0) is 5.59 Å². The summed E-state index contributed by atoms with van der Waals surface area (Å²) < 4.78 is 1.68. The fourth-order valence-corrected chi connectivity index (χ4v) is 0.957. The predicted molar refractivity (Wildman–Crippen MR) is 43.8 cm³/mol. The Morgan fingerprint density at radius 3 is 2.82 bits per heavy atom. The highest BCUT2D eigenvalue weighted by molar-refractivity contribution is 6.36. The van der Waals surface area contributed by atoms with E-state index in [1.54, 1.807) is 16.8 Å². The minimum Gasteiger partial charge on any atom is -0.312 e. The van der Waals surface area contributed by atoms with Crippen LogP contribution in [0.25, 0.3) is 5.65 Å². The molecule has 4 radical (unpaired) electrons.